The minimum absolute atomic E-state index is 0.322. The molecule has 1 aromatic carbocycles. The smallest absolute Gasteiger partial charge is 0.122 e. The molecule has 1 aliphatic carbocycles. The summed E-state index contributed by atoms with van der Waals surface area (Å²) < 4.78 is 5.40. The first-order valence-electron chi connectivity index (χ1n) is 8.10. The van der Waals surface area contributed by atoms with Gasteiger partial charge >= 0.3 is 0 Å². The molecule has 0 saturated heterocycles. The molecule has 0 aromatic heterocycles. The summed E-state index contributed by atoms with van der Waals surface area (Å²) in [5.74, 6) is 1.58. The van der Waals surface area contributed by atoms with E-state index >= 15 is 0 Å². The van der Waals surface area contributed by atoms with Crippen LogP contribution in [0.3, 0.4) is 0 Å². The van der Waals surface area contributed by atoms with Crippen LogP contribution < -0.4 is 10.1 Å². The summed E-state index contributed by atoms with van der Waals surface area (Å²) >= 11 is 0. The van der Waals surface area contributed by atoms with Crippen molar-refractivity contribution in [3.63, 3.8) is 0 Å². The van der Waals surface area contributed by atoms with Crippen LogP contribution in [0.5, 0.6) is 5.75 Å². The number of para-hydroxylation sites is 1. The zero-order chi connectivity index (χ0) is 15.3. The maximum Gasteiger partial charge on any atom is 0.122 e. The molecule has 1 saturated carbocycles. The van der Waals surface area contributed by atoms with Gasteiger partial charge in [0, 0.05) is 12.6 Å². The molecule has 1 aromatic rings. The standard InChI is InChI=1S/C18H29NO2/c1-14-7-6-10-18(20,12-14)13-19-15(2)11-16-8-4-5-9-17(16)21-3/h4-5,8-9,14-15,19-20H,6-7,10-13H2,1-3H3. The van der Waals surface area contributed by atoms with E-state index < -0.39 is 5.60 Å². The molecule has 0 amide bonds. The lowest BCUT2D eigenvalue weighted by Crippen LogP contribution is -2.46. The summed E-state index contributed by atoms with van der Waals surface area (Å²) in [6, 6.07) is 8.46. The maximum absolute atomic E-state index is 10.7. The summed E-state index contributed by atoms with van der Waals surface area (Å²) in [5.41, 5.74) is 0.691. The molecule has 3 heteroatoms. The fourth-order valence-corrected chi connectivity index (χ4v) is 3.43. The molecule has 118 valence electrons. The molecule has 21 heavy (non-hydrogen) atoms. The Morgan fingerprint density at radius 1 is 1.43 bits per heavy atom. The van der Waals surface area contributed by atoms with Crippen molar-refractivity contribution in [1.82, 2.24) is 5.32 Å². The largest absolute Gasteiger partial charge is 0.496 e. The van der Waals surface area contributed by atoms with E-state index in [4.69, 9.17) is 4.74 Å². The lowest BCUT2D eigenvalue weighted by Gasteiger charge is -2.36. The SMILES string of the molecule is COc1ccccc1CC(C)NCC1(O)CCCC(C)C1. The van der Waals surface area contributed by atoms with Gasteiger partial charge in [-0.3, -0.25) is 0 Å². The van der Waals surface area contributed by atoms with Crippen LogP contribution in [-0.2, 0) is 6.42 Å². The van der Waals surface area contributed by atoms with E-state index in [0.717, 1.165) is 31.4 Å². The highest BCUT2D eigenvalue weighted by Crippen LogP contribution is 2.31. The maximum atomic E-state index is 10.7. The minimum atomic E-state index is -0.521. The number of hydrogen-bond donors (Lipinski definition) is 2. The van der Waals surface area contributed by atoms with Crippen molar-refractivity contribution in [3.05, 3.63) is 29.8 Å². The van der Waals surface area contributed by atoms with Gasteiger partial charge in [0.25, 0.3) is 0 Å². The molecule has 2 rings (SSSR count). The number of nitrogens with one attached hydrogen (secondary N) is 1. The minimum Gasteiger partial charge on any atom is -0.496 e. The second kappa shape index (κ2) is 7.28. The normalized spacial score (nSPS) is 27.3. The van der Waals surface area contributed by atoms with Crippen molar-refractivity contribution >= 4 is 0 Å². The van der Waals surface area contributed by atoms with Gasteiger partial charge in [0.1, 0.15) is 5.75 Å². The zero-order valence-corrected chi connectivity index (χ0v) is 13.6. The van der Waals surface area contributed by atoms with Gasteiger partial charge in [-0.05, 0) is 43.7 Å². The molecule has 0 heterocycles. The predicted octanol–water partition coefficient (Wildman–Crippen LogP) is 3.16. The third-order valence-electron chi connectivity index (χ3n) is 4.57. The molecule has 2 N–H and O–H groups in total. The van der Waals surface area contributed by atoms with E-state index in [1.807, 2.05) is 18.2 Å². The second-order valence-corrected chi connectivity index (χ2v) is 6.72. The summed E-state index contributed by atoms with van der Waals surface area (Å²) in [7, 11) is 1.71. The number of aliphatic hydroxyl groups is 1. The van der Waals surface area contributed by atoms with Gasteiger partial charge in [-0.2, -0.15) is 0 Å². The first kappa shape index (κ1) is 16.3. The van der Waals surface area contributed by atoms with Gasteiger partial charge in [0.15, 0.2) is 0 Å². The highest BCUT2D eigenvalue weighted by molar-refractivity contribution is 5.33. The van der Waals surface area contributed by atoms with Crippen LogP contribution in [0.25, 0.3) is 0 Å². The molecule has 3 atom stereocenters. The number of benzene rings is 1. The quantitative estimate of drug-likeness (QED) is 0.846. The average molecular weight is 291 g/mol. The monoisotopic (exact) mass is 291 g/mol. The molecule has 1 aliphatic rings. The molecule has 0 spiro atoms. The van der Waals surface area contributed by atoms with Crippen LogP contribution in [0.15, 0.2) is 24.3 Å². The van der Waals surface area contributed by atoms with Crippen molar-refractivity contribution in [3.8, 4) is 5.75 Å². The first-order chi connectivity index (χ1) is 10.0. The Morgan fingerprint density at radius 2 is 2.19 bits per heavy atom. The van der Waals surface area contributed by atoms with Crippen LogP contribution in [0.4, 0.5) is 0 Å². The Hall–Kier alpha value is -1.06. The van der Waals surface area contributed by atoms with E-state index in [9.17, 15) is 5.11 Å². The first-order valence-corrected chi connectivity index (χ1v) is 8.10. The lowest BCUT2D eigenvalue weighted by molar-refractivity contribution is -0.0133. The van der Waals surface area contributed by atoms with E-state index in [2.05, 4.69) is 25.2 Å². The van der Waals surface area contributed by atoms with Crippen molar-refractivity contribution in [1.29, 1.82) is 0 Å². The summed E-state index contributed by atoms with van der Waals surface area (Å²) in [6.07, 6.45) is 5.14. The van der Waals surface area contributed by atoms with Crippen LogP contribution in [0.2, 0.25) is 0 Å². The van der Waals surface area contributed by atoms with Gasteiger partial charge in [0.2, 0.25) is 0 Å². The Morgan fingerprint density at radius 3 is 2.90 bits per heavy atom. The Kier molecular flexibility index (Phi) is 5.65. The summed E-state index contributed by atoms with van der Waals surface area (Å²) in [5, 5.41) is 14.2. The van der Waals surface area contributed by atoms with E-state index in [0.29, 0.717) is 18.5 Å². The highest BCUT2D eigenvalue weighted by Gasteiger charge is 2.32. The fraction of sp³-hybridized carbons (Fsp3) is 0.667. The summed E-state index contributed by atoms with van der Waals surface area (Å²) in [4.78, 5) is 0. The van der Waals surface area contributed by atoms with Crippen LogP contribution in [-0.4, -0.2) is 30.4 Å². The summed E-state index contributed by atoms with van der Waals surface area (Å²) in [6.45, 7) is 5.10. The fourth-order valence-electron chi connectivity index (χ4n) is 3.43. The molecule has 0 aliphatic heterocycles. The second-order valence-electron chi connectivity index (χ2n) is 6.72. The molecule has 0 radical (unpaired) electrons. The molecule has 3 unspecified atom stereocenters. The van der Waals surface area contributed by atoms with Gasteiger partial charge in [-0.15, -0.1) is 0 Å². The molecule has 3 nitrogen and oxygen atoms in total. The van der Waals surface area contributed by atoms with Gasteiger partial charge in [-0.25, -0.2) is 0 Å². The molecule has 1 fully saturated rings. The molecular formula is C18H29NO2. The number of hydrogen-bond acceptors (Lipinski definition) is 3. The number of ether oxygens (including phenoxy) is 1. The van der Waals surface area contributed by atoms with E-state index in [1.165, 1.54) is 12.0 Å². The Balaban J connectivity index is 1.85. The number of methoxy groups -OCH3 is 1. The van der Waals surface area contributed by atoms with Crippen LogP contribution in [0, 0.1) is 5.92 Å². The van der Waals surface area contributed by atoms with Crippen molar-refractivity contribution in [2.75, 3.05) is 13.7 Å². The lowest BCUT2D eigenvalue weighted by atomic mass is 9.79. The van der Waals surface area contributed by atoms with Gasteiger partial charge < -0.3 is 15.2 Å². The van der Waals surface area contributed by atoms with E-state index in [-0.39, 0.29) is 0 Å². The average Bonchev–Trinajstić information content (AvgIpc) is 2.46. The van der Waals surface area contributed by atoms with Crippen LogP contribution in [0.1, 0.15) is 45.1 Å². The number of rotatable bonds is 6. The highest BCUT2D eigenvalue weighted by atomic mass is 16.5. The third-order valence-corrected chi connectivity index (χ3v) is 4.57. The molecule has 0 bridgehead atoms. The third kappa shape index (κ3) is 4.72. The topological polar surface area (TPSA) is 41.5 Å². The van der Waals surface area contributed by atoms with Crippen LogP contribution >= 0.6 is 0 Å². The Bertz CT molecular complexity index is 449. The molecular weight excluding hydrogens is 262 g/mol. The predicted molar refractivity (Wildman–Crippen MR) is 86.7 cm³/mol. The van der Waals surface area contributed by atoms with Crippen molar-refractivity contribution in [2.24, 2.45) is 5.92 Å². The van der Waals surface area contributed by atoms with E-state index in [1.54, 1.807) is 7.11 Å². The van der Waals surface area contributed by atoms with Gasteiger partial charge in [0.05, 0.1) is 12.7 Å². The zero-order valence-electron chi connectivity index (χ0n) is 13.6. The Labute approximate surface area is 128 Å². The van der Waals surface area contributed by atoms with Gasteiger partial charge in [-0.1, -0.05) is 38.0 Å². The van der Waals surface area contributed by atoms with Crippen molar-refractivity contribution < 1.29 is 9.84 Å². The van der Waals surface area contributed by atoms with Crippen molar-refractivity contribution in [2.45, 2.75) is 57.6 Å².